The normalized spacial score (nSPS) is 22.4. The Balaban J connectivity index is 1.49. The number of amides is 3. The fourth-order valence-corrected chi connectivity index (χ4v) is 4.62. The van der Waals surface area contributed by atoms with Crippen molar-refractivity contribution in [3.05, 3.63) is 41.2 Å². The molecule has 0 radical (unpaired) electrons. The highest BCUT2D eigenvalue weighted by Crippen LogP contribution is 2.21. The van der Waals surface area contributed by atoms with Gasteiger partial charge in [-0.3, -0.25) is 19.1 Å². The van der Waals surface area contributed by atoms with Gasteiger partial charge in [-0.05, 0) is 57.4 Å². The third-order valence-electron chi connectivity index (χ3n) is 6.71. The number of nitrogens with zero attached hydrogens (tertiary/aromatic N) is 4. The summed E-state index contributed by atoms with van der Waals surface area (Å²) in [6, 6.07) is 4.66. The van der Waals surface area contributed by atoms with Crippen LogP contribution in [-0.2, 0) is 22.7 Å². The number of aromatic nitrogens is 3. The maximum atomic E-state index is 13.3. The number of carbonyl (C=O) groups excluding carboxylic acids is 3. The lowest BCUT2D eigenvalue weighted by Gasteiger charge is -2.29. The van der Waals surface area contributed by atoms with Gasteiger partial charge in [0.2, 0.25) is 11.8 Å². The van der Waals surface area contributed by atoms with E-state index in [1.54, 1.807) is 17.7 Å². The minimum absolute atomic E-state index is 0.0577. The van der Waals surface area contributed by atoms with E-state index >= 15 is 0 Å². The molecule has 2 aliphatic heterocycles. The van der Waals surface area contributed by atoms with Gasteiger partial charge in [0.25, 0.3) is 5.91 Å². The van der Waals surface area contributed by atoms with E-state index in [9.17, 15) is 14.4 Å². The van der Waals surface area contributed by atoms with Crippen molar-refractivity contribution in [3.63, 3.8) is 0 Å². The Kier molecular flexibility index (Phi) is 9.10. The van der Waals surface area contributed by atoms with E-state index in [1.807, 2.05) is 30.2 Å². The molecule has 1 aromatic carbocycles. The van der Waals surface area contributed by atoms with Crippen LogP contribution in [0.5, 0.6) is 5.75 Å². The number of piperidine rings is 1. The summed E-state index contributed by atoms with van der Waals surface area (Å²) in [5, 5.41) is 17.5. The molecule has 2 aliphatic rings. The topological polar surface area (TPSA) is 130 Å². The highest BCUT2D eigenvalue weighted by Gasteiger charge is 2.27. The van der Waals surface area contributed by atoms with Crippen molar-refractivity contribution in [2.75, 3.05) is 32.8 Å². The Morgan fingerprint density at radius 1 is 1.14 bits per heavy atom. The molecule has 1 aromatic heterocycles. The molecule has 11 nitrogen and oxygen atoms in total. The molecular formula is C26H37N7O4. The van der Waals surface area contributed by atoms with Crippen molar-refractivity contribution in [1.29, 1.82) is 0 Å². The van der Waals surface area contributed by atoms with Crippen LogP contribution in [0.4, 0.5) is 0 Å². The summed E-state index contributed by atoms with van der Waals surface area (Å²) in [7, 11) is 0. The number of benzene rings is 1. The van der Waals surface area contributed by atoms with E-state index in [1.165, 1.54) is 0 Å². The van der Waals surface area contributed by atoms with Crippen LogP contribution in [0.1, 0.15) is 54.2 Å². The highest BCUT2D eigenvalue weighted by molar-refractivity contribution is 5.99. The Morgan fingerprint density at radius 2 is 2.00 bits per heavy atom. The number of nitrogens with one attached hydrogen (secondary N) is 3. The molecule has 0 spiro atoms. The summed E-state index contributed by atoms with van der Waals surface area (Å²) >= 11 is 0. The van der Waals surface area contributed by atoms with Crippen molar-refractivity contribution < 1.29 is 19.1 Å². The Bertz CT molecular complexity index is 1100. The fraction of sp³-hybridized carbons (Fsp3) is 0.577. The van der Waals surface area contributed by atoms with Crippen LogP contribution >= 0.6 is 0 Å². The van der Waals surface area contributed by atoms with Gasteiger partial charge in [-0.2, -0.15) is 0 Å². The molecule has 3 heterocycles. The second kappa shape index (κ2) is 12.7. The summed E-state index contributed by atoms with van der Waals surface area (Å²) in [6.07, 6.45) is 4.95. The maximum Gasteiger partial charge on any atom is 0.255 e. The Hall–Kier alpha value is -3.47. The van der Waals surface area contributed by atoms with Crippen molar-refractivity contribution >= 4 is 17.7 Å². The van der Waals surface area contributed by atoms with Gasteiger partial charge >= 0.3 is 0 Å². The standard InChI is InChI=1S/C26H37N7O4/c1-18-7-8-22-23(14-18)37-13-5-12-33-17-21(30-31-33)16-32(26(36)20-6-3-9-27-15-20)11-4-10-28-24(34)19(2)29-25(22)35/h7-8,14,17,19-20,27H,3-6,9-13,15-16H2,1-2H3,(H,28,34)(H,29,35)/t19-,20+/m1/s1. The molecule has 1 fully saturated rings. The molecule has 0 saturated carbocycles. The van der Waals surface area contributed by atoms with Crippen LogP contribution in [0.25, 0.3) is 0 Å². The number of hydrogen-bond acceptors (Lipinski definition) is 7. The van der Waals surface area contributed by atoms with E-state index in [4.69, 9.17) is 4.74 Å². The van der Waals surface area contributed by atoms with Crippen LogP contribution in [0.3, 0.4) is 0 Å². The van der Waals surface area contributed by atoms with Crippen molar-refractivity contribution in [1.82, 2.24) is 35.8 Å². The molecule has 4 rings (SSSR count). The summed E-state index contributed by atoms with van der Waals surface area (Å²) in [4.78, 5) is 40.7. The molecule has 2 atom stereocenters. The lowest BCUT2D eigenvalue weighted by Crippen LogP contribution is -2.46. The first-order valence-electron chi connectivity index (χ1n) is 13.1. The highest BCUT2D eigenvalue weighted by atomic mass is 16.5. The minimum atomic E-state index is -0.719. The quantitative estimate of drug-likeness (QED) is 0.521. The number of hydrogen-bond donors (Lipinski definition) is 3. The summed E-state index contributed by atoms with van der Waals surface area (Å²) < 4.78 is 7.70. The molecule has 11 heteroatoms. The Morgan fingerprint density at radius 3 is 2.81 bits per heavy atom. The molecule has 2 aromatic rings. The average Bonchev–Trinajstić information content (AvgIpc) is 3.35. The monoisotopic (exact) mass is 511 g/mol. The SMILES string of the molecule is Cc1ccc2c(c1)OCCCn1cc(nn1)CN(C(=O)[C@H]1CCCNC1)CCCNC(=O)[C@@H](C)NC2=O. The smallest absolute Gasteiger partial charge is 0.255 e. The van der Waals surface area contributed by atoms with Crippen LogP contribution in [-0.4, -0.2) is 76.4 Å². The largest absolute Gasteiger partial charge is 0.493 e. The number of carbonyl (C=O) groups is 3. The lowest BCUT2D eigenvalue weighted by atomic mass is 9.98. The molecule has 2 bridgehead atoms. The molecule has 37 heavy (non-hydrogen) atoms. The van der Waals surface area contributed by atoms with E-state index in [0.717, 1.165) is 30.6 Å². The van der Waals surface area contributed by atoms with Gasteiger partial charge in [-0.25, -0.2) is 0 Å². The number of rotatable bonds is 1. The lowest BCUT2D eigenvalue weighted by molar-refractivity contribution is -0.136. The van der Waals surface area contributed by atoms with Gasteiger partial charge < -0.3 is 25.6 Å². The van der Waals surface area contributed by atoms with E-state index in [2.05, 4.69) is 26.3 Å². The van der Waals surface area contributed by atoms with E-state index in [0.29, 0.717) is 63.5 Å². The van der Waals surface area contributed by atoms with Crippen LogP contribution in [0.2, 0.25) is 0 Å². The van der Waals surface area contributed by atoms with Gasteiger partial charge in [-0.1, -0.05) is 11.3 Å². The predicted octanol–water partition coefficient (Wildman–Crippen LogP) is 1.02. The average molecular weight is 512 g/mol. The summed E-state index contributed by atoms with van der Waals surface area (Å²) in [5.41, 5.74) is 2.08. The third-order valence-corrected chi connectivity index (χ3v) is 6.71. The number of aryl methyl sites for hydroxylation is 2. The molecule has 200 valence electrons. The number of fused-ring (bicyclic) bond motifs is 3. The molecule has 3 N–H and O–H groups in total. The second-order valence-corrected chi connectivity index (χ2v) is 9.82. The third kappa shape index (κ3) is 7.28. The van der Waals surface area contributed by atoms with E-state index < -0.39 is 6.04 Å². The minimum Gasteiger partial charge on any atom is -0.493 e. The molecule has 0 unspecified atom stereocenters. The first-order valence-corrected chi connectivity index (χ1v) is 13.1. The maximum absolute atomic E-state index is 13.3. The second-order valence-electron chi connectivity index (χ2n) is 9.82. The van der Waals surface area contributed by atoms with Crippen LogP contribution < -0.4 is 20.7 Å². The zero-order valence-electron chi connectivity index (χ0n) is 21.7. The fourth-order valence-electron chi connectivity index (χ4n) is 4.62. The summed E-state index contributed by atoms with van der Waals surface area (Å²) in [6.45, 7) is 7.43. The number of ether oxygens (including phenoxy) is 1. The van der Waals surface area contributed by atoms with Gasteiger partial charge in [-0.15, -0.1) is 5.10 Å². The molecule has 3 amide bonds. The van der Waals surface area contributed by atoms with E-state index in [-0.39, 0.29) is 23.6 Å². The molecule has 0 aliphatic carbocycles. The molecular weight excluding hydrogens is 474 g/mol. The van der Waals surface area contributed by atoms with Crippen molar-refractivity contribution in [2.24, 2.45) is 5.92 Å². The zero-order chi connectivity index (χ0) is 26.2. The Labute approximate surface area is 217 Å². The van der Waals surface area contributed by atoms with Crippen LogP contribution in [0, 0.1) is 12.8 Å². The first-order chi connectivity index (χ1) is 17.9. The zero-order valence-corrected chi connectivity index (χ0v) is 21.7. The predicted molar refractivity (Wildman–Crippen MR) is 137 cm³/mol. The van der Waals surface area contributed by atoms with Gasteiger partial charge in [0.05, 0.1) is 30.8 Å². The van der Waals surface area contributed by atoms with Crippen molar-refractivity contribution in [2.45, 2.75) is 58.7 Å². The van der Waals surface area contributed by atoms with Crippen LogP contribution in [0.15, 0.2) is 24.4 Å². The first kappa shape index (κ1) is 26.6. The molecule has 1 saturated heterocycles. The van der Waals surface area contributed by atoms with Gasteiger partial charge in [0.15, 0.2) is 0 Å². The summed E-state index contributed by atoms with van der Waals surface area (Å²) in [5.74, 6) is -0.125. The van der Waals surface area contributed by atoms with Gasteiger partial charge in [0.1, 0.15) is 17.5 Å². The van der Waals surface area contributed by atoms with Crippen molar-refractivity contribution in [3.8, 4) is 5.75 Å². The van der Waals surface area contributed by atoms with Gasteiger partial charge in [0, 0.05) is 32.6 Å².